The quantitative estimate of drug-likeness (QED) is 0.415. The summed E-state index contributed by atoms with van der Waals surface area (Å²) in [5, 5.41) is 2.81. The molecule has 6 nitrogen and oxygen atoms in total. The first-order valence-corrected chi connectivity index (χ1v) is 11.3. The van der Waals surface area contributed by atoms with Crippen molar-refractivity contribution < 1.29 is 23.1 Å². The van der Waals surface area contributed by atoms with Crippen molar-refractivity contribution >= 4 is 17.5 Å². The van der Waals surface area contributed by atoms with Crippen molar-refractivity contribution in [1.29, 1.82) is 0 Å². The molecule has 7 heteroatoms. The first kappa shape index (κ1) is 22.4. The fourth-order valence-electron chi connectivity index (χ4n) is 4.00. The van der Waals surface area contributed by atoms with E-state index in [4.69, 9.17) is 9.15 Å². The number of hydrogen-bond donors (Lipinski definition) is 1. The van der Waals surface area contributed by atoms with Crippen LogP contribution in [-0.4, -0.2) is 29.9 Å². The van der Waals surface area contributed by atoms with Crippen LogP contribution in [0.25, 0.3) is 11.3 Å². The summed E-state index contributed by atoms with van der Waals surface area (Å²) in [6.07, 6.45) is 0.609. The summed E-state index contributed by atoms with van der Waals surface area (Å²) in [5.41, 5.74) is 2.94. The van der Waals surface area contributed by atoms with Crippen molar-refractivity contribution in [2.75, 3.05) is 18.5 Å². The Hall–Kier alpha value is -4.39. The van der Waals surface area contributed by atoms with Crippen molar-refractivity contribution in [3.8, 4) is 17.1 Å². The Kier molecular flexibility index (Phi) is 6.30. The molecular formula is C28H23FN2O4. The van der Waals surface area contributed by atoms with E-state index in [9.17, 15) is 14.0 Å². The lowest BCUT2D eigenvalue weighted by Crippen LogP contribution is -2.35. The van der Waals surface area contributed by atoms with Gasteiger partial charge in [-0.15, -0.1) is 0 Å². The molecule has 0 saturated heterocycles. The summed E-state index contributed by atoms with van der Waals surface area (Å²) in [4.78, 5) is 26.7. The van der Waals surface area contributed by atoms with Crippen LogP contribution in [0.1, 0.15) is 21.7 Å². The predicted octanol–water partition coefficient (Wildman–Crippen LogP) is 5.30. The Balaban J connectivity index is 1.20. The van der Waals surface area contributed by atoms with Crippen LogP contribution >= 0.6 is 0 Å². The fraction of sp³-hybridized carbons (Fsp3) is 0.143. The molecule has 0 radical (unpaired) electrons. The van der Waals surface area contributed by atoms with Crippen LogP contribution < -0.4 is 10.1 Å². The highest BCUT2D eigenvalue weighted by Crippen LogP contribution is 2.30. The van der Waals surface area contributed by atoms with Gasteiger partial charge >= 0.3 is 0 Å². The van der Waals surface area contributed by atoms with Gasteiger partial charge in [-0.25, -0.2) is 4.39 Å². The Labute approximate surface area is 201 Å². The van der Waals surface area contributed by atoms with Crippen molar-refractivity contribution in [2.24, 2.45) is 0 Å². The number of ether oxygens (including phenoxy) is 1. The molecule has 0 saturated carbocycles. The van der Waals surface area contributed by atoms with Crippen LogP contribution in [0.3, 0.4) is 0 Å². The second-order valence-corrected chi connectivity index (χ2v) is 8.27. The van der Waals surface area contributed by atoms with E-state index in [2.05, 4.69) is 5.32 Å². The van der Waals surface area contributed by atoms with E-state index >= 15 is 0 Å². The number of hydrogen-bond acceptors (Lipinski definition) is 4. The van der Waals surface area contributed by atoms with E-state index in [1.54, 1.807) is 17.0 Å². The Bertz CT molecular complexity index is 1330. The minimum atomic E-state index is -0.368. The number of para-hydroxylation sites is 1. The molecule has 0 bridgehead atoms. The molecule has 4 aromatic rings. The molecule has 0 unspecified atom stereocenters. The van der Waals surface area contributed by atoms with Gasteiger partial charge in [0.05, 0.1) is 0 Å². The molecule has 3 aromatic carbocycles. The van der Waals surface area contributed by atoms with E-state index in [0.29, 0.717) is 42.3 Å². The lowest BCUT2D eigenvalue weighted by Gasteiger charge is -2.26. The van der Waals surface area contributed by atoms with Crippen LogP contribution in [0.4, 0.5) is 10.1 Å². The molecule has 35 heavy (non-hydrogen) atoms. The molecular weight excluding hydrogens is 447 g/mol. The summed E-state index contributed by atoms with van der Waals surface area (Å²) < 4.78 is 24.7. The van der Waals surface area contributed by atoms with Crippen molar-refractivity contribution in [2.45, 2.75) is 13.0 Å². The van der Waals surface area contributed by atoms with Crippen molar-refractivity contribution in [3.63, 3.8) is 0 Å². The highest BCUT2D eigenvalue weighted by Gasteiger charge is 2.25. The van der Waals surface area contributed by atoms with Crippen molar-refractivity contribution in [1.82, 2.24) is 4.90 Å². The average molecular weight is 471 g/mol. The molecule has 176 valence electrons. The highest BCUT2D eigenvalue weighted by molar-refractivity contribution is 5.94. The average Bonchev–Trinajstić information content (AvgIpc) is 3.32. The summed E-state index contributed by atoms with van der Waals surface area (Å²) >= 11 is 0. The molecule has 0 atom stereocenters. The van der Waals surface area contributed by atoms with Crippen LogP contribution in [0.15, 0.2) is 89.3 Å². The molecule has 1 aliphatic rings. The van der Waals surface area contributed by atoms with E-state index in [1.165, 1.54) is 24.3 Å². The lowest BCUT2D eigenvalue weighted by atomic mass is 10.1. The number of nitrogens with one attached hydrogen (secondary N) is 1. The molecule has 0 fully saturated rings. The van der Waals surface area contributed by atoms with Crippen molar-refractivity contribution in [3.05, 3.63) is 108 Å². The number of carbonyl (C=O) groups is 2. The first-order chi connectivity index (χ1) is 17.0. The standard InChI is InChI=1S/C28H23FN2O4/c29-22-10-6-20(7-11-22)28(33)31-15-14-25-21(17-31)16-26(35-25)19-8-12-23(13-9-19)30-27(32)18-34-24-4-2-1-3-5-24/h1-13,16H,14-15,17-18H2,(H,30,32). The largest absolute Gasteiger partial charge is 0.484 e. The zero-order valence-electron chi connectivity index (χ0n) is 18.9. The minimum absolute atomic E-state index is 0.0796. The number of nitrogens with zero attached hydrogens (tertiary/aromatic N) is 1. The fourth-order valence-corrected chi connectivity index (χ4v) is 4.00. The van der Waals surface area contributed by atoms with Crippen LogP contribution in [0.2, 0.25) is 0 Å². The summed E-state index contributed by atoms with van der Waals surface area (Å²) in [6.45, 7) is 0.889. The summed E-state index contributed by atoms with van der Waals surface area (Å²) in [7, 11) is 0. The van der Waals surface area contributed by atoms with E-state index < -0.39 is 0 Å². The van der Waals surface area contributed by atoms with Gasteiger partial charge in [0.15, 0.2) is 6.61 Å². The Morgan fingerprint density at radius 2 is 1.71 bits per heavy atom. The van der Waals surface area contributed by atoms with Gasteiger partial charge in [-0.3, -0.25) is 9.59 Å². The minimum Gasteiger partial charge on any atom is -0.484 e. The molecule has 1 aromatic heterocycles. The molecule has 2 heterocycles. The zero-order valence-corrected chi connectivity index (χ0v) is 18.9. The third-order valence-corrected chi connectivity index (χ3v) is 5.81. The first-order valence-electron chi connectivity index (χ1n) is 11.3. The number of benzene rings is 3. The lowest BCUT2D eigenvalue weighted by molar-refractivity contribution is -0.118. The number of rotatable bonds is 6. The highest BCUT2D eigenvalue weighted by atomic mass is 19.1. The van der Waals surface area contributed by atoms with Gasteiger partial charge in [0.25, 0.3) is 11.8 Å². The van der Waals surface area contributed by atoms with E-state index in [-0.39, 0.29) is 24.2 Å². The molecule has 0 aliphatic carbocycles. The molecule has 1 N–H and O–H groups in total. The summed E-state index contributed by atoms with van der Waals surface area (Å²) in [5.74, 6) is 1.46. The third kappa shape index (κ3) is 5.24. The smallest absolute Gasteiger partial charge is 0.262 e. The maximum atomic E-state index is 13.2. The number of anilines is 1. The Morgan fingerprint density at radius 3 is 2.46 bits per heavy atom. The molecule has 5 rings (SSSR count). The predicted molar refractivity (Wildman–Crippen MR) is 130 cm³/mol. The maximum absolute atomic E-state index is 13.2. The van der Waals surface area contributed by atoms with Crippen LogP contribution in [0, 0.1) is 5.82 Å². The number of carbonyl (C=O) groups excluding carboxylic acids is 2. The van der Waals surface area contributed by atoms with Gasteiger partial charge in [0, 0.05) is 41.9 Å². The van der Waals surface area contributed by atoms with Gasteiger partial charge in [-0.1, -0.05) is 18.2 Å². The summed E-state index contributed by atoms with van der Waals surface area (Å²) in [6, 6.07) is 24.1. The topological polar surface area (TPSA) is 71.8 Å². The second kappa shape index (κ2) is 9.85. The van der Waals surface area contributed by atoms with Gasteiger partial charge in [-0.2, -0.15) is 0 Å². The van der Waals surface area contributed by atoms with Gasteiger partial charge in [0.1, 0.15) is 23.1 Å². The molecule has 0 spiro atoms. The van der Waals surface area contributed by atoms with Crippen LogP contribution in [-0.2, 0) is 17.8 Å². The van der Waals surface area contributed by atoms with Gasteiger partial charge in [0.2, 0.25) is 0 Å². The SMILES string of the molecule is O=C(COc1ccccc1)Nc1ccc(-c2cc3c(o2)CCN(C(=O)c2ccc(F)cc2)C3)cc1. The van der Waals surface area contributed by atoms with Crippen LogP contribution in [0.5, 0.6) is 5.75 Å². The van der Waals surface area contributed by atoms with Gasteiger partial charge in [-0.05, 0) is 66.7 Å². The number of fused-ring (bicyclic) bond motifs is 1. The third-order valence-electron chi connectivity index (χ3n) is 5.81. The Morgan fingerprint density at radius 1 is 0.971 bits per heavy atom. The van der Waals surface area contributed by atoms with E-state index in [0.717, 1.165) is 16.9 Å². The normalized spacial score (nSPS) is 12.7. The number of amides is 2. The number of furan rings is 1. The van der Waals surface area contributed by atoms with E-state index in [1.807, 2.05) is 48.5 Å². The monoisotopic (exact) mass is 470 g/mol. The number of halogens is 1. The molecule has 2 amide bonds. The molecule has 1 aliphatic heterocycles. The zero-order chi connectivity index (χ0) is 24.2. The van der Waals surface area contributed by atoms with Gasteiger partial charge < -0.3 is 19.4 Å². The maximum Gasteiger partial charge on any atom is 0.262 e. The second-order valence-electron chi connectivity index (χ2n) is 8.27.